The Balaban J connectivity index is 1.72. The van der Waals surface area contributed by atoms with Crippen molar-refractivity contribution in [2.24, 2.45) is 0 Å². The van der Waals surface area contributed by atoms with Crippen molar-refractivity contribution in [2.75, 3.05) is 13.7 Å². The summed E-state index contributed by atoms with van der Waals surface area (Å²) in [5, 5.41) is 7.80. The van der Waals surface area contributed by atoms with Crippen LogP contribution in [0.15, 0.2) is 36.7 Å². The van der Waals surface area contributed by atoms with Gasteiger partial charge in [0.05, 0.1) is 19.9 Å². The Morgan fingerprint density at radius 3 is 2.65 bits per heavy atom. The zero-order chi connectivity index (χ0) is 14.4. The van der Waals surface area contributed by atoms with E-state index in [1.807, 2.05) is 23.0 Å². The van der Waals surface area contributed by atoms with Crippen LogP contribution in [0.2, 0.25) is 0 Å². The minimum Gasteiger partial charge on any atom is -0.497 e. The second-order valence-corrected chi connectivity index (χ2v) is 5.19. The van der Waals surface area contributed by atoms with Crippen molar-refractivity contribution in [1.29, 1.82) is 0 Å². The van der Waals surface area contributed by atoms with Crippen molar-refractivity contribution in [3.63, 3.8) is 0 Å². The maximum Gasteiger partial charge on any atom is 0.118 e. The summed E-state index contributed by atoms with van der Waals surface area (Å²) in [5.74, 6) is 0.906. The number of benzene rings is 1. The lowest BCUT2D eigenvalue weighted by atomic mass is 10.1. The van der Waals surface area contributed by atoms with Crippen LogP contribution >= 0.6 is 0 Å². The van der Waals surface area contributed by atoms with Gasteiger partial charge in [-0.2, -0.15) is 5.10 Å². The predicted molar refractivity (Wildman–Crippen MR) is 81.1 cm³/mol. The molecule has 0 aliphatic heterocycles. The number of hydrogen-bond acceptors (Lipinski definition) is 3. The smallest absolute Gasteiger partial charge is 0.118 e. The molecule has 0 aliphatic carbocycles. The van der Waals surface area contributed by atoms with Crippen LogP contribution in [0.1, 0.15) is 18.1 Å². The van der Waals surface area contributed by atoms with Crippen LogP contribution in [0.5, 0.6) is 5.75 Å². The molecule has 0 bridgehead atoms. The molecular weight excluding hydrogens is 250 g/mol. The summed E-state index contributed by atoms with van der Waals surface area (Å²) in [7, 11) is 1.69. The predicted octanol–water partition coefficient (Wildman–Crippen LogP) is 2.42. The second kappa shape index (κ2) is 7.10. The number of hydrogen-bond donors (Lipinski definition) is 1. The molecule has 1 N–H and O–H groups in total. The van der Waals surface area contributed by atoms with Gasteiger partial charge in [-0.15, -0.1) is 0 Å². The van der Waals surface area contributed by atoms with Gasteiger partial charge in [-0.25, -0.2) is 0 Å². The van der Waals surface area contributed by atoms with Crippen molar-refractivity contribution >= 4 is 0 Å². The minimum absolute atomic E-state index is 0.444. The lowest BCUT2D eigenvalue weighted by molar-refractivity contribution is 0.414. The van der Waals surface area contributed by atoms with Crippen LogP contribution in [-0.2, 0) is 13.0 Å². The molecule has 20 heavy (non-hydrogen) atoms. The van der Waals surface area contributed by atoms with E-state index in [0.717, 1.165) is 25.3 Å². The van der Waals surface area contributed by atoms with Gasteiger partial charge in [-0.05, 0) is 43.5 Å². The van der Waals surface area contributed by atoms with E-state index in [4.69, 9.17) is 4.74 Å². The Morgan fingerprint density at radius 1 is 1.30 bits per heavy atom. The number of nitrogens with one attached hydrogen (secondary N) is 1. The van der Waals surface area contributed by atoms with Crippen molar-refractivity contribution in [1.82, 2.24) is 15.1 Å². The highest BCUT2D eigenvalue weighted by molar-refractivity contribution is 5.27. The summed E-state index contributed by atoms with van der Waals surface area (Å²) >= 11 is 0. The Kier molecular flexibility index (Phi) is 5.18. The SMILES string of the molecule is COc1ccc(CC(C)NCCn2cc(C)cn2)cc1. The fourth-order valence-corrected chi connectivity index (χ4v) is 2.20. The summed E-state index contributed by atoms with van der Waals surface area (Å²) in [6.07, 6.45) is 4.97. The first-order chi connectivity index (χ1) is 9.67. The highest BCUT2D eigenvalue weighted by Gasteiger charge is 2.03. The number of rotatable bonds is 7. The third kappa shape index (κ3) is 4.38. The van der Waals surface area contributed by atoms with E-state index >= 15 is 0 Å². The van der Waals surface area contributed by atoms with E-state index in [1.54, 1.807) is 7.11 Å². The fraction of sp³-hybridized carbons (Fsp3) is 0.438. The maximum absolute atomic E-state index is 5.16. The number of aryl methyl sites for hydroxylation is 1. The third-order valence-corrected chi connectivity index (χ3v) is 3.30. The van der Waals surface area contributed by atoms with Crippen LogP contribution in [0.4, 0.5) is 0 Å². The molecular formula is C16H23N3O. The lowest BCUT2D eigenvalue weighted by Gasteiger charge is -2.14. The molecule has 0 fully saturated rings. The molecule has 0 spiro atoms. The number of aromatic nitrogens is 2. The summed E-state index contributed by atoms with van der Waals surface area (Å²) in [5.41, 5.74) is 2.53. The molecule has 1 aromatic carbocycles. The summed E-state index contributed by atoms with van der Waals surface area (Å²) in [6, 6.07) is 8.70. The standard InChI is InChI=1S/C16H23N3O/c1-13-11-18-19(12-13)9-8-17-14(2)10-15-4-6-16(20-3)7-5-15/h4-7,11-12,14,17H,8-10H2,1-3H3. The van der Waals surface area contributed by atoms with E-state index in [1.165, 1.54) is 11.1 Å². The molecule has 0 saturated heterocycles. The van der Waals surface area contributed by atoms with Gasteiger partial charge in [0.15, 0.2) is 0 Å². The van der Waals surface area contributed by atoms with Crippen molar-refractivity contribution in [3.8, 4) is 5.75 Å². The topological polar surface area (TPSA) is 39.1 Å². The molecule has 0 amide bonds. The summed E-state index contributed by atoms with van der Waals surface area (Å²) in [4.78, 5) is 0. The van der Waals surface area contributed by atoms with Gasteiger partial charge in [0.25, 0.3) is 0 Å². The highest BCUT2D eigenvalue weighted by atomic mass is 16.5. The molecule has 1 aromatic heterocycles. The number of ether oxygens (including phenoxy) is 1. The maximum atomic E-state index is 5.16. The zero-order valence-electron chi connectivity index (χ0n) is 12.5. The average molecular weight is 273 g/mol. The lowest BCUT2D eigenvalue weighted by Crippen LogP contribution is -2.31. The number of methoxy groups -OCH3 is 1. The monoisotopic (exact) mass is 273 g/mol. The molecule has 4 heteroatoms. The van der Waals surface area contributed by atoms with Crippen molar-refractivity contribution in [3.05, 3.63) is 47.8 Å². The first kappa shape index (κ1) is 14.6. The Bertz CT molecular complexity index is 519. The van der Waals surface area contributed by atoms with Gasteiger partial charge in [-0.3, -0.25) is 4.68 Å². The van der Waals surface area contributed by atoms with Gasteiger partial charge in [0, 0.05) is 18.8 Å². The van der Waals surface area contributed by atoms with Gasteiger partial charge < -0.3 is 10.1 Å². The van der Waals surface area contributed by atoms with Crippen molar-refractivity contribution < 1.29 is 4.74 Å². The number of nitrogens with zero attached hydrogens (tertiary/aromatic N) is 2. The Hall–Kier alpha value is -1.81. The molecule has 0 saturated carbocycles. The zero-order valence-corrected chi connectivity index (χ0v) is 12.5. The van der Waals surface area contributed by atoms with Crippen molar-refractivity contribution in [2.45, 2.75) is 32.9 Å². The molecule has 1 heterocycles. The van der Waals surface area contributed by atoms with Gasteiger partial charge in [-0.1, -0.05) is 12.1 Å². The van der Waals surface area contributed by atoms with Crippen LogP contribution < -0.4 is 10.1 Å². The summed E-state index contributed by atoms with van der Waals surface area (Å²) in [6.45, 7) is 6.10. The summed E-state index contributed by atoms with van der Waals surface area (Å²) < 4.78 is 7.14. The quantitative estimate of drug-likeness (QED) is 0.842. The molecule has 2 aromatic rings. The normalized spacial score (nSPS) is 12.3. The minimum atomic E-state index is 0.444. The molecule has 108 valence electrons. The fourth-order valence-electron chi connectivity index (χ4n) is 2.20. The average Bonchev–Trinajstić information content (AvgIpc) is 2.85. The van der Waals surface area contributed by atoms with Crippen LogP contribution in [0, 0.1) is 6.92 Å². The largest absolute Gasteiger partial charge is 0.497 e. The molecule has 0 radical (unpaired) electrons. The molecule has 1 unspecified atom stereocenters. The van der Waals surface area contributed by atoms with Gasteiger partial charge in [0.2, 0.25) is 0 Å². The van der Waals surface area contributed by atoms with Gasteiger partial charge in [0.1, 0.15) is 5.75 Å². The Morgan fingerprint density at radius 2 is 2.05 bits per heavy atom. The molecule has 2 rings (SSSR count). The van der Waals surface area contributed by atoms with E-state index < -0.39 is 0 Å². The van der Waals surface area contributed by atoms with E-state index in [2.05, 4.69) is 42.6 Å². The first-order valence-electron chi connectivity index (χ1n) is 7.03. The van der Waals surface area contributed by atoms with E-state index in [9.17, 15) is 0 Å². The van der Waals surface area contributed by atoms with Crippen LogP contribution in [0.25, 0.3) is 0 Å². The second-order valence-electron chi connectivity index (χ2n) is 5.19. The van der Waals surface area contributed by atoms with E-state index in [0.29, 0.717) is 6.04 Å². The van der Waals surface area contributed by atoms with E-state index in [-0.39, 0.29) is 0 Å². The van der Waals surface area contributed by atoms with Gasteiger partial charge >= 0.3 is 0 Å². The molecule has 1 atom stereocenters. The highest BCUT2D eigenvalue weighted by Crippen LogP contribution is 2.12. The van der Waals surface area contributed by atoms with Crippen LogP contribution in [0.3, 0.4) is 0 Å². The van der Waals surface area contributed by atoms with Crippen LogP contribution in [-0.4, -0.2) is 29.5 Å². The first-order valence-corrected chi connectivity index (χ1v) is 7.03. The molecule has 0 aliphatic rings. The third-order valence-electron chi connectivity index (χ3n) is 3.30. The molecule has 4 nitrogen and oxygen atoms in total. The Labute approximate surface area is 120 Å².